The Bertz CT molecular complexity index is 1220. The van der Waals surface area contributed by atoms with Gasteiger partial charge >= 0.3 is 6.16 Å². The lowest BCUT2D eigenvalue weighted by atomic mass is 9.83. The molecule has 37 heavy (non-hydrogen) atoms. The summed E-state index contributed by atoms with van der Waals surface area (Å²) in [5, 5.41) is 2.94. The van der Waals surface area contributed by atoms with Gasteiger partial charge in [0.15, 0.2) is 18.8 Å². The molecule has 3 aromatic carbocycles. The number of rotatable bonds is 7. The molecule has 8 heteroatoms. The standard InChI is InChI=1S/C29H28F2N2O4/c30-23-8-4-6-21(16-23)28(22-7-5-9-24(31)17-22)37-29(35)36-26-18-33(14-12-20(26)13-15-33)19-27(34)32-25-10-2-1-3-11-25/h1-11,16-17,20,26,28H,12-15,18-19H2/p+1/t20?,26-,33?/m0/s1. The van der Waals surface area contributed by atoms with Gasteiger partial charge in [-0.3, -0.25) is 4.79 Å². The Labute approximate surface area is 214 Å². The van der Waals surface area contributed by atoms with Crippen molar-refractivity contribution in [3.8, 4) is 0 Å². The molecule has 0 saturated carbocycles. The topological polar surface area (TPSA) is 64.6 Å². The van der Waals surface area contributed by atoms with Crippen LogP contribution < -0.4 is 5.32 Å². The maximum absolute atomic E-state index is 13.9. The first-order chi connectivity index (χ1) is 17.9. The SMILES string of the molecule is O=C(C[N+]12CCC(CC1)[C@@H](OC(=O)OC(c1cccc(F)c1)c1cccc(F)c1)C2)Nc1ccccc1. The number of halogens is 2. The van der Waals surface area contributed by atoms with Crippen LogP contribution in [0.3, 0.4) is 0 Å². The van der Waals surface area contributed by atoms with Gasteiger partial charge in [-0.25, -0.2) is 13.6 Å². The zero-order valence-electron chi connectivity index (χ0n) is 20.3. The summed E-state index contributed by atoms with van der Waals surface area (Å²) >= 11 is 0. The van der Waals surface area contributed by atoms with Crippen LogP contribution in [0.5, 0.6) is 0 Å². The van der Waals surface area contributed by atoms with Crippen molar-refractivity contribution in [3.63, 3.8) is 0 Å². The summed E-state index contributed by atoms with van der Waals surface area (Å²) < 4.78 is 39.9. The van der Waals surface area contributed by atoms with Gasteiger partial charge in [-0.2, -0.15) is 0 Å². The lowest BCUT2D eigenvalue weighted by Gasteiger charge is -2.51. The molecule has 3 aromatic rings. The van der Waals surface area contributed by atoms with Crippen LogP contribution in [0.25, 0.3) is 0 Å². The molecule has 2 bridgehead atoms. The van der Waals surface area contributed by atoms with Crippen LogP contribution in [0.15, 0.2) is 78.9 Å². The maximum atomic E-state index is 13.9. The fourth-order valence-corrected chi connectivity index (χ4v) is 5.52. The number of anilines is 1. The van der Waals surface area contributed by atoms with Crippen LogP contribution in [0.1, 0.15) is 30.1 Å². The first kappa shape index (κ1) is 24.9. The van der Waals surface area contributed by atoms with Gasteiger partial charge in [-0.15, -0.1) is 0 Å². The molecule has 6 nitrogen and oxygen atoms in total. The Kier molecular flexibility index (Phi) is 7.19. The molecule has 0 spiro atoms. The quantitative estimate of drug-likeness (QED) is 0.341. The van der Waals surface area contributed by atoms with Crippen molar-refractivity contribution in [1.82, 2.24) is 0 Å². The van der Waals surface area contributed by atoms with Gasteiger partial charge < -0.3 is 19.3 Å². The molecule has 1 atom stereocenters. The van der Waals surface area contributed by atoms with Crippen LogP contribution in [-0.2, 0) is 14.3 Å². The molecule has 1 amide bonds. The second-order valence-corrected chi connectivity index (χ2v) is 9.90. The summed E-state index contributed by atoms with van der Waals surface area (Å²) in [5.74, 6) is -0.876. The molecule has 3 saturated heterocycles. The van der Waals surface area contributed by atoms with Gasteiger partial charge in [0.25, 0.3) is 5.91 Å². The molecular formula is C29H29F2N2O4+. The van der Waals surface area contributed by atoms with E-state index in [2.05, 4.69) is 5.32 Å². The minimum absolute atomic E-state index is 0.0786. The summed E-state index contributed by atoms with van der Waals surface area (Å²) in [6, 6.07) is 20.6. The highest BCUT2D eigenvalue weighted by Crippen LogP contribution is 2.36. The highest BCUT2D eigenvalue weighted by Gasteiger charge is 2.49. The zero-order valence-corrected chi connectivity index (χ0v) is 20.3. The van der Waals surface area contributed by atoms with Crippen molar-refractivity contribution in [2.24, 2.45) is 5.92 Å². The number of benzene rings is 3. The third-order valence-electron chi connectivity index (χ3n) is 7.34. The third kappa shape index (κ3) is 5.97. The first-order valence-corrected chi connectivity index (χ1v) is 12.5. The second kappa shape index (κ2) is 10.7. The molecular weight excluding hydrogens is 478 g/mol. The molecule has 192 valence electrons. The van der Waals surface area contributed by atoms with E-state index in [1.165, 1.54) is 36.4 Å². The summed E-state index contributed by atoms with van der Waals surface area (Å²) in [4.78, 5) is 25.7. The zero-order chi connectivity index (χ0) is 25.8. The number of fused-ring (bicyclic) bond motifs is 3. The molecule has 3 aliphatic heterocycles. The first-order valence-electron chi connectivity index (χ1n) is 12.5. The minimum Gasteiger partial charge on any atom is -0.425 e. The fourth-order valence-electron chi connectivity index (χ4n) is 5.52. The number of ether oxygens (including phenoxy) is 2. The fraction of sp³-hybridized carbons (Fsp3) is 0.310. The number of hydrogen-bond acceptors (Lipinski definition) is 4. The number of para-hydroxylation sites is 1. The number of amides is 1. The average Bonchev–Trinajstić information content (AvgIpc) is 2.88. The lowest BCUT2D eigenvalue weighted by molar-refractivity contribution is -0.939. The number of piperidine rings is 3. The van der Waals surface area contributed by atoms with Gasteiger partial charge in [-0.05, 0) is 36.4 Å². The number of nitrogens with one attached hydrogen (secondary N) is 1. The van der Waals surface area contributed by atoms with E-state index < -0.39 is 30.0 Å². The second-order valence-electron chi connectivity index (χ2n) is 9.90. The predicted octanol–water partition coefficient (Wildman–Crippen LogP) is 5.46. The third-order valence-corrected chi connectivity index (χ3v) is 7.34. The highest BCUT2D eigenvalue weighted by molar-refractivity contribution is 5.91. The van der Waals surface area contributed by atoms with E-state index in [9.17, 15) is 18.4 Å². The van der Waals surface area contributed by atoms with Crippen LogP contribution >= 0.6 is 0 Å². The lowest BCUT2D eigenvalue weighted by Crippen LogP contribution is -2.66. The van der Waals surface area contributed by atoms with E-state index in [4.69, 9.17) is 9.47 Å². The van der Waals surface area contributed by atoms with Crippen molar-refractivity contribution in [1.29, 1.82) is 0 Å². The van der Waals surface area contributed by atoms with Crippen LogP contribution in [-0.4, -0.2) is 48.8 Å². The van der Waals surface area contributed by atoms with E-state index >= 15 is 0 Å². The van der Waals surface area contributed by atoms with E-state index in [1.54, 1.807) is 12.1 Å². The number of carbonyl (C=O) groups is 2. The van der Waals surface area contributed by atoms with Crippen molar-refractivity contribution in [2.45, 2.75) is 25.0 Å². The van der Waals surface area contributed by atoms with Crippen molar-refractivity contribution in [2.75, 3.05) is 31.5 Å². The number of hydrogen-bond donors (Lipinski definition) is 1. The van der Waals surface area contributed by atoms with Gasteiger partial charge in [0.2, 0.25) is 0 Å². The molecule has 0 unspecified atom stereocenters. The Hall–Kier alpha value is -3.78. The summed E-state index contributed by atoms with van der Waals surface area (Å²) in [5.41, 5.74) is 1.49. The summed E-state index contributed by atoms with van der Waals surface area (Å²) in [6.07, 6.45) is -0.647. The Morgan fingerprint density at radius 1 is 0.892 bits per heavy atom. The summed E-state index contributed by atoms with van der Waals surface area (Å²) in [7, 11) is 0. The molecule has 0 radical (unpaired) electrons. The monoisotopic (exact) mass is 507 g/mol. The van der Waals surface area contributed by atoms with Crippen molar-refractivity contribution < 1.29 is 32.3 Å². The van der Waals surface area contributed by atoms with E-state index in [1.807, 2.05) is 30.3 Å². The van der Waals surface area contributed by atoms with Crippen molar-refractivity contribution >= 4 is 17.7 Å². The predicted molar refractivity (Wildman–Crippen MR) is 134 cm³/mol. The number of quaternary nitrogens is 1. The summed E-state index contributed by atoms with van der Waals surface area (Å²) in [6.45, 7) is 2.51. The maximum Gasteiger partial charge on any atom is 0.509 e. The normalized spacial score (nSPS) is 22.5. The van der Waals surface area contributed by atoms with E-state index in [0.717, 1.165) is 31.6 Å². The molecule has 1 N–H and O–H groups in total. The van der Waals surface area contributed by atoms with Crippen molar-refractivity contribution in [3.05, 3.63) is 102 Å². The van der Waals surface area contributed by atoms with Crippen LogP contribution in [0, 0.1) is 17.6 Å². The number of carbonyl (C=O) groups excluding carboxylic acids is 2. The molecule has 0 aliphatic carbocycles. The molecule has 3 aliphatic rings. The smallest absolute Gasteiger partial charge is 0.425 e. The Morgan fingerprint density at radius 2 is 1.51 bits per heavy atom. The molecule has 3 heterocycles. The van der Waals surface area contributed by atoms with Crippen LogP contribution in [0.2, 0.25) is 0 Å². The van der Waals surface area contributed by atoms with Crippen LogP contribution in [0.4, 0.5) is 19.3 Å². The van der Waals surface area contributed by atoms with Gasteiger partial charge in [0.05, 0.1) is 13.1 Å². The highest BCUT2D eigenvalue weighted by atomic mass is 19.1. The molecule has 6 rings (SSSR count). The number of nitrogens with zero attached hydrogens (tertiary/aromatic N) is 1. The van der Waals surface area contributed by atoms with Gasteiger partial charge in [0, 0.05) is 35.6 Å². The van der Waals surface area contributed by atoms with E-state index in [0.29, 0.717) is 28.7 Å². The van der Waals surface area contributed by atoms with Gasteiger partial charge in [-0.1, -0.05) is 42.5 Å². The largest absolute Gasteiger partial charge is 0.509 e. The average molecular weight is 508 g/mol. The van der Waals surface area contributed by atoms with Gasteiger partial charge in [0.1, 0.15) is 18.2 Å². The van der Waals surface area contributed by atoms with E-state index in [-0.39, 0.29) is 11.8 Å². The molecule has 0 aromatic heterocycles. The molecule has 3 fully saturated rings. The minimum atomic E-state index is -1.03. The Balaban J connectivity index is 1.26. The Morgan fingerprint density at radius 3 is 2.11 bits per heavy atom.